The number of carbonyl (C=O) groups is 2. The van der Waals surface area contributed by atoms with Crippen LogP contribution >= 0.6 is 0 Å². The van der Waals surface area contributed by atoms with E-state index in [-0.39, 0.29) is 29.2 Å². The van der Waals surface area contributed by atoms with E-state index in [1.807, 2.05) is 0 Å². The van der Waals surface area contributed by atoms with Crippen molar-refractivity contribution in [1.29, 1.82) is 0 Å². The molecule has 0 spiro atoms. The highest BCUT2D eigenvalue weighted by molar-refractivity contribution is 7.89. The molecule has 2 unspecified atom stereocenters. The molecule has 0 aromatic heterocycles. The molecule has 0 saturated carbocycles. The number of nitrogens with zero attached hydrogens (tertiary/aromatic N) is 2. The van der Waals surface area contributed by atoms with Crippen LogP contribution in [-0.2, 0) is 14.8 Å². The van der Waals surface area contributed by atoms with Crippen LogP contribution in [0.2, 0.25) is 0 Å². The number of sulfonamides is 1. The number of rotatable bonds is 5. The molecule has 2 amide bonds. The third kappa shape index (κ3) is 5.47. The van der Waals surface area contributed by atoms with E-state index in [1.165, 1.54) is 40.7 Å². The Hall–Kier alpha value is -2.78. The third-order valence-electron chi connectivity index (χ3n) is 6.55. The van der Waals surface area contributed by atoms with Crippen LogP contribution in [0.4, 0.5) is 10.1 Å². The minimum atomic E-state index is -3.55. The van der Waals surface area contributed by atoms with Crippen molar-refractivity contribution >= 4 is 27.5 Å². The molecular weight excluding hydrogens is 457 g/mol. The normalized spacial score (nSPS) is 21.8. The first-order valence-corrected chi connectivity index (χ1v) is 13.1. The Labute approximate surface area is 200 Å². The Morgan fingerprint density at radius 3 is 2.29 bits per heavy atom. The minimum Gasteiger partial charge on any atom is -0.338 e. The largest absolute Gasteiger partial charge is 0.338 e. The van der Waals surface area contributed by atoms with Crippen molar-refractivity contribution in [3.8, 4) is 0 Å². The summed E-state index contributed by atoms with van der Waals surface area (Å²) in [5.41, 5.74) is 0.903. The van der Waals surface area contributed by atoms with E-state index in [9.17, 15) is 22.4 Å². The van der Waals surface area contributed by atoms with E-state index >= 15 is 0 Å². The first-order valence-electron chi connectivity index (χ1n) is 11.7. The molecule has 2 heterocycles. The summed E-state index contributed by atoms with van der Waals surface area (Å²) in [5, 5.41) is 2.85. The van der Waals surface area contributed by atoms with Crippen molar-refractivity contribution in [2.75, 3.05) is 31.5 Å². The maximum atomic E-state index is 13.2. The summed E-state index contributed by atoms with van der Waals surface area (Å²) in [6.07, 6.45) is 3.23. The Morgan fingerprint density at radius 2 is 1.62 bits per heavy atom. The zero-order valence-corrected chi connectivity index (χ0v) is 20.1. The van der Waals surface area contributed by atoms with Crippen LogP contribution in [0.5, 0.6) is 0 Å². The Balaban J connectivity index is 1.37. The zero-order valence-electron chi connectivity index (χ0n) is 19.2. The fourth-order valence-electron chi connectivity index (χ4n) is 4.62. The number of piperidine rings is 2. The van der Waals surface area contributed by atoms with Crippen molar-refractivity contribution in [2.24, 2.45) is 11.8 Å². The molecule has 2 aromatic carbocycles. The maximum Gasteiger partial charge on any atom is 0.253 e. The molecule has 0 bridgehead atoms. The summed E-state index contributed by atoms with van der Waals surface area (Å²) in [6.45, 7) is 3.93. The molecule has 0 aliphatic carbocycles. The number of likely N-dealkylation sites (tertiary alicyclic amines) is 1. The highest BCUT2D eigenvalue weighted by Gasteiger charge is 2.30. The summed E-state index contributed by atoms with van der Waals surface area (Å²) in [4.78, 5) is 27.4. The number of halogens is 1. The standard InChI is InChI=1S/C25H30FN3O4S/c1-18-4-2-15-29(16-18)34(32,33)23-12-10-22(11-13-23)27-24(30)20-5-3-14-28(17-20)25(31)19-6-8-21(26)9-7-19/h6-13,18,20H,2-5,14-17H2,1H3,(H,27,30). The number of benzene rings is 2. The van der Waals surface area contributed by atoms with E-state index in [2.05, 4.69) is 12.2 Å². The molecule has 2 atom stereocenters. The lowest BCUT2D eigenvalue weighted by molar-refractivity contribution is -0.121. The Morgan fingerprint density at radius 1 is 0.941 bits per heavy atom. The van der Waals surface area contributed by atoms with Gasteiger partial charge in [0.1, 0.15) is 5.82 Å². The van der Waals surface area contributed by atoms with Crippen molar-refractivity contribution in [1.82, 2.24) is 9.21 Å². The number of hydrogen-bond donors (Lipinski definition) is 1. The Bertz CT molecular complexity index is 1140. The molecule has 0 radical (unpaired) electrons. The number of amides is 2. The number of nitrogens with one attached hydrogen (secondary N) is 1. The molecular formula is C25H30FN3O4S. The number of carbonyl (C=O) groups excluding carboxylic acids is 2. The van der Waals surface area contributed by atoms with Crippen LogP contribution in [0.3, 0.4) is 0 Å². The molecule has 9 heteroatoms. The van der Waals surface area contributed by atoms with Gasteiger partial charge in [-0.3, -0.25) is 9.59 Å². The maximum absolute atomic E-state index is 13.2. The monoisotopic (exact) mass is 487 g/mol. The predicted octanol–water partition coefficient (Wildman–Crippen LogP) is 3.74. The Kier molecular flexibility index (Phi) is 7.33. The van der Waals surface area contributed by atoms with Gasteiger partial charge < -0.3 is 10.2 Å². The van der Waals surface area contributed by atoms with Gasteiger partial charge in [0, 0.05) is 37.4 Å². The summed E-state index contributed by atoms with van der Waals surface area (Å²) < 4.78 is 40.5. The van der Waals surface area contributed by atoms with Gasteiger partial charge in [-0.15, -0.1) is 0 Å². The molecule has 182 valence electrons. The predicted molar refractivity (Wildman–Crippen MR) is 127 cm³/mol. The van der Waals surface area contributed by atoms with Crippen molar-refractivity contribution in [3.63, 3.8) is 0 Å². The number of hydrogen-bond acceptors (Lipinski definition) is 4. The summed E-state index contributed by atoms with van der Waals surface area (Å²) >= 11 is 0. The van der Waals surface area contributed by atoms with E-state index in [4.69, 9.17) is 0 Å². The van der Waals surface area contributed by atoms with Crippen molar-refractivity contribution in [3.05, 3.63) is 59.9 Å². The van der Waals surface area contributed by atoms with Gasteiger partial charge in [-0.1, -0.05) is 6.92 Å². The van der Waals surface area contributed by atoms with Gasteiger partial charge in [-0.25, -0.2) is 12.8 Å². The molecule has 34 heavy (non-hydrogen) atoms. The SMILES string of the molecule is CC1CCCN(S(=O)(=O)c2ccc(NC(=O)C3CCCN(C(=O)c4ccc(F)cc4)C3)cc2)C1. The molecule has 2 saturated heterocycles. The molecule has 4 rings (SSSR count). The van der Waals surface area contributed by atoms with Gasteiger partial charge >= 0.3 is 0 Å². The second-order valence-corrected chi connectivity index (χ2v) is 11.2. The topological polar surface area (TPSA) is 86.8 Å². The molecule has 7 nitrogen and oxygen atoms in total. The quantitative estimate of drug-likeness (QED) is 0.696. The molecule has 2 aliphatic heterocycles. The van der Waals surface area contributed by atoms with Gasteiger partial charge in [-0.2, -0.15) is 4.31 Å². The van der Waals surface area contributed by atoms with Crippen LogP contribution < -0.4 is 5.32 Å². The summed E-state index contributed by atoms with van der Waals surface area (Å²) in [6, 6.07) is 11.6. The average molecular weight is 488 g/mol. The van der Waals surface area contributed by atoms with E-state index in [0.717, 1.165) is 12.8 Å². The second kappa shape index (κ2) is 10.2. The molecule has 2 aromatic rings. The first kappa shape index (κ1) is 24.3. The summed E-state index contributed by atoms with van der Waals surface area (Å²) in [5.74, 6) is -0.878. The van der Waals surface area contributed by atoms with Gasteiger partial charge in [0.2, 0.25) is 15.9 Å². The fraction of sp³-hybridized carbons (Fsp3) is 0.440. The summed E-state index contributed by atoms with van der Waals surface area (Å²) in [7, 11) is -3.55. The van der Waals surface area contributed by atoms with Crippen molar-refractivity contribution < 1.29 is 22.4 Å². The molecule has 1 N–H and O–H groups in total. The van der Waals surface area contributed by atoms with Crippen LogP contribution in [-0.4, -0.2) is 55.6 Å². The van der Waals surface area contributed by atoms with Gasteiger partial charge in [-0.05, 0) is 80.1 Å². The van der Waals surface area contributed by atoms with E-state index in [0.29, 0.717) is 49.6 Å². The highest BCUT2D eigenvalue weighted by Crippen LogP contribution is 2.25. The highest BCUT2D eigenvalue weighted by atomic mass is 32.2. The second-order valence-electron chi connectivity index (χ2n) is 9.22. The minimum absolute atomic E-state index is 0.211. The van der Waals surface area contributed by atoms with Crippen LogP contribution in [0, 0.1) is 17.7 Å². The lowest BCUT2D eigenvalue weighted by Crippen LogP contribution is -2.43. The third-order valence-corrected chi connectivity index (χ3v) is 8.43. The molecule has 2 fully saturated rings. The van der Waals surface area contributed by atoms with Crippen LogP contribution in [0.25, 0.3) is 0 Å². The first-order chi connectivity index (χ1) is 16.2. The lowest BCUT2D eigenvalue weighted by atomic mass is 9.96. The average Bonchev–Trinajstić information content (AvgIpc) is 2.84. The van der Waals surface area contributed by atoms with Crippen molar-refractivity contribution in [2.45, 2.75) is 37.5 Å². The zero-order chi connectivity index (χ0) is 24.3. The van der Waals surface area contributed by atoms with Gasteiger partial charge in [0.15, 0.2) is 0 Å². The van der Waals surface area contributed by atoms with E-state index < -0.39 is 15.8 Å². The van der Waals surface area contributed by atoms with Crippen LogP contribution in [0.15, 0.2) is 53.4 Å². The van der Waals surface area contributed by atoms with Gasteiger partial charge in [0.25, 0.3) is 5.91 Å². The van der Waals surface area contributed by atoms with E-state index in [1.54, 1.807) is 17.0 Å². The smallest absolute Gasteiger partial charge is 0.253 e. The van der Waals surface area contributed by atoms with Gasteiger partial charge in [0.05, 0.1) is 10.8 Å². The lowest BCUT2D eigenvalue weighted by Gasteiger charge is -2.32. The molecule has 2 aliphatic rings. The fourth-order valence-corrected chi connectivity index (χ4v) is 6.22. The van der Waals surface area contributed by atoms with Crippen LogP contribution in [0.1, 0.15) is 43.0 Å². The number of anilines is 1.